The van der Waals surface area contributed by atoms with E-state index in [2.05, 4.69) is 29.2 Å². The number of allylic oxidation sites excluding steroid dienone is 1. The van der Waals surface area contributed by atoms with Crippen molar-refractivity contribution in [3.05, 3.63) is 53.2 Å². The minimum absolute atomic E-state index is 0.377. The van der Waals surface area contributed by atoms with Crippen LogP contribution in [0.15, 0.2) is 42.1 Å². The van der Waals surface area contributed by atoms with Crippen molar-refractivity contribution in [1.82, 2.24) is 9.88 Å². The summed E-state index contributed by atoms with van der Waals surface area (Å²) in [7, 11) is -1.54. The molecule has 116 valence electrons. The molecule has 1 aliphatic rings. The maximum Gasteiger partial charge on any atom is 0.231 e. The predicted octanol–water partition coefficient (Wildman–Crippen LogP) is 2.36. The lowest BCUT2D eigenvalue weighted by atomic mass is 9.93. The van der Waals surface area contributed by atoms with E-state index in [4.69, 9.17) is 5.14 Å². The number of benzene rings is 1. The van der Waals surface area contributed by atoms with Gasteiger partial charge in [0.15, 0.2) is 0 Å². The van der Waals surface area contributed by atoms with Crippen molar-refractivity contribution >= 4 is 27.0 Å². The molecule has 0 saturated carbocycles. The first kappa shape index (κ1) is 14.9. The summed E-state index contributed by atoms with van der Waals surface area (Å²) in [5, 5.41) is 7.15. The minimum atomic E-state index is -3.60. The molecule has 5 nitrogen and oxygen atoms in total. The molecule has 1 atom stereocenters. The summed E-state index contributed by atoms with van der Waals surface area (Å²) in [5.74, 6) is 0.377. The van der Waals surface area contributed by atoms with Gasteiger partial charge in [-0.05, 0) is 42.0 Å². The number of nitrogens with two attached hydrogens (primary N) is 1. The standard InChI is InChI=1S/C16H19N3O2S/c1-19-7-4-13(5-8-19)15-11-18-16-3-2-12(10-14(15)16)6-9-22(17,20)21/h2-4,6-7,9-11,13,18H,5,8H2,1H3,(H2,17,20,21)/b9-6+. The molecule has 2 aromatic rings. The molecule has 0 spiro atoms. The number of rotatable bonds is 3. The number of hydrogen-bond donors (Lipinski definition) is 2. The first-order valence-electron chi connectivity index (χ1n) is 7.13. The van der Waals surface area contributed by atoms with Crippen LogP contribution in [-0.2, 0) is 10.0 Å². The van der Waals surface area contributed by atoms with Gasteiger partial charge in [-0.2, -0.15) is 0 Å². The summed E-state index contributed by atoms with van der Waals surface area (Å²) in [4.78, 5) is 5.45. The first-order valence-corrected chi connectivity index (χ1v) is 8.74. The molecule has 3 rings (SSSR count). The average Bonchev–Trinajstić information content (AvgIpc) is 2.88. The van der Waals surface area contributed by atoms with Crippen LogP contribution >= 0.6 is 0 Å². The Labute approximate surface area is 130 Å². The molecule has 3 N–H and O–H groups in total. The van der Waals surface area contributed by atoms with Gasteiger partial charge in [-0.25, -0.2) is 13.6 Å². The molecule has 0 radical (unpaired) electrons. The largest absolute Gasteiger partial charge is 0.381 e. The number of aromatic amines is 1. The summed E-state index contributed by atoms with van der Waals surface area (Å²) in [6.07, 6.45) is 8.95. The highest BCUT2D eigenvalue weighted by atomic mass is 32.2. The minimum Gasteiger partial charge on any atom is -0.381 e. The lowest BCUT2D eigenvalue weighted by Crippen LogP contribution is -2.19. The van der Waals surface area contributed by atoms with Gasteiger partial charge in [0.1, 0.15) is 0 Å². The first-order chi connectivity index (χ1) is 10.4. The zero-order chi connectivity index (χ0) is 15.7. The van der Waals surface area contributed by atoms with Crippen LogP contribution in [0.25, 0.3) is 17.0 Å². The molecule has 0 fully saturated rings. The van der Waals surface area contributed by atoms with E-state index in [1.807, 2.05) is 24.4 Å². The number of fused-ring (bicyclic) bond motifs is 1. The van der Waals surface area contributed by atoms with Gasteiger partial charge >= 0.3 is 0 Å². The van der Waals surface area contributed by atoms with E-state index in [0.29, 0.717) is 5.92 Å². The molecular formula is C16H19N3O2S. The molecule has 0 bridgehead atoms. The maximum atomic E-state index is 11.0. The third-order valence-corrected chi connectivity index (χ3v) is 4.47. The summed E-state index contributed by atoms with van der Waals surface area (Å²) in [6, 6.07) is 5.82. The molecule has 2 heterocycles. The number of primary sulfonamides is 1. The fraction of sp³-hybridized carbons (Fsp3) is 0.250. The topological polar surface area (TPSA) is 79.2 Å². The Hall–Kier alpha value is -2.05. The Morgan fingerprint density at radius 3 is 2.91 bits per heavy atom. The van der Waals surface area contributed by atoms with Gasteiger partial charge in [0.2, 0.25) is 10.0 Å². The summed E-state index contributed by atoms with van der Waals surface area (Å²) in [5.41, 5.74) is 3.11. The predicted molar refractivity (Wildman–Crippen MR) is 89.6 cm³/mol. The molecule has 0 saturated heterocycles. The number of hydrogen-bond acceptors (Lipinski definition) is 3. The van der Waals surface area contributed by atoms with Gasteiger partial charge in [0.05, 0.1) is 0 Å². The van der Waals surface area contributed by atoms with Crippen molar-refractivity contribution in [3.63, 3.8) is 0 Å². The van der Waals surface area contributed by atoms with Crippen LogP contribution in [0.3, 0.4) is 0 Å². The van der Waals surface area contributed by atoms with Crippen molar-refractivity contribution in [2.45, 2.75) is 12.3 Å². The molecule has 1 aromatic heterocycles. The third-order valence-electron chi connectivity index (χ3n) is 3.95. The van der Waals surface area contributed by atoms with E-state index >= 15 is 0 Å². The SMILES string of the molecule is CN1C=CC(c2c[nH]c3ccc(/C=C/S(N)(=O)=O)cc23)CC1. The quantitative estimate of drug-likeness (QED) is 0.912. The second kappa shape index (κ2) is 5.62. The van der Waals surface area contributed by atoms with Crippen LogP contribution in [0.4, 0.5) is 0 Å². The van der Waals surface area contributed by atoms with Crippen molar-refractivity contribution in [2.75, 3.05) is 13.6 Å². The van der Waals surface area contributed by atoms with Crippen LogP contribution in [0.2, 0.25) is 0 Å². The van der Waals surface area contributed by atoms with Crippen LogP contribution in [0, 0.1) is 0 Å². The van der Waals surface area contributed by atoms with Crippen molar-refractivity contribution in [2.24, 2.45) is 5.14 Å². The smallest absolute Gasteiger partial charge is 0.231 e. The molecule has 1 aliphatic heterocycles. The molecular weight excluding hydrogens is 298 g/mol. The zero-order valence-corrected chi connectivity index (χ0v) is 13.2. The highest BCUT2D eigenvalue weighted by molar-refractivity contribution is 7.92. The van der Waals surface area contributed by atoms with Crippen LogP contribution in [-0.4, -0.2) is 31.9 Å². The Morgan fingerprint density at radius 1 is 1.41 bits per heavy atom. The third kappa shape index (κ3) is 3.23. The number of aromatic nitrogens is 1. The highest BCUT2D eigenvalue weighted by Gasteiger charge is 2.16. The second-order valence-electron chi connectivity index (χ2n) is 5.66. The Morgan fingerprint density at radius 2 is 2.23 bits per heavy atom. The molecule has 0 aliphatic carbocycles. The van der Waals surface area contributed by atoms with Crippen LogP contribution < -0.4 is 5.14 Å². The van der Waals surface area contributed by atoms with Crippen molar-refractivity contribution in [3.8, 4) is 0 Å². The van der Waals surface area contributed by atoms with Crippen molar-refractivity contribution in [1.29, 1.82) is 0 Å². The van der Waals surface area contributed by atoms with Gasteiger partial charge in [-0.15, -0.1) is 0 Å². The molecule has 0 amide bonds. The van der Waals surface area contributed by atoms with E-state index in [9.17, 15) is 8.42 Å². The summed E-state index contributed by atoms with van der Waals surface area (Å²) in [6.45, 7) is 1.03. The van der Waals surface area contributed by atoms with Crippen LogP contribution in [0.5, 0.6) is 0 Å². The summed E-state index contributed by atoms with van der Waals surface area (Å²) < 4.78 is 22.1. The molecule has 6 heteroatoms. The molecule has 22 heavy (non-hydrogen) atoms. The lowest BCUT2D eigenvalue weighted by molar-refractivity contribution is 0.409. The van der Waals surface area contributed by atoms with Crippen molar-refractivity contribution < 1.29 is 8.42 Å². The molecule has 1 unspecified atom stereocenters. The van der Waals surface area contributed by atoms with E-state index in [1.165, 1.54) is 11.6 Å². The average molecular weight is 317 g/mol. The normalized spacial score (nSPS) is 19.4. The Balaban J connectivity index is 1.99. The Kier molecular flexibility index (Phi) is 3.80. The van der Waals surface area contributed by atoms with Gasteiger partial charge in [-0.3, -0.25) is 0 Å². The van der Waals surface area contributed by atoms with Gasteiger partial charge in [0, 0.05) is 42.0 Å². The number of H-pyrrole nitrogens is 1. The lowest BCUT2D eigenvalue weighted by Gasteiger charge is -2.24. The fourth-order valence-corrected chi connectivity index (χ4v) is 3.11. The van der Waals surface area contributed by atoms with Crippen LogP contribution in [0.1, 0.15) is 23.5 Å². The number of nitrogens with zero attached hydrogens (tertiary/aromatic N) is 1. The van der Waals surface area contributed by atoms with E-state index in [1.54, 1.807) is 0 Å². The number of nitrogens with one attached hydrogen (secondary N) is 1. The zero-order valence-electron chi connectivity index (χ0n) is 12.4. The monoisotopic (exact) mass is 317 g/mol. The second-order valence-corrected chi connectivity index (χ2v) is 7.11. The molecule has 1 aromatic carbocycles. The van der Waals surface area contributed by atoms with Gasteiger partial charge < -0.3 is 9.88 Å². The van der Waals surface area contributed by atoms with Gasteiger partial charge in [0.25, 0.3) is 0 Å². The van der Waals surface area contributed by atoms with Gasteiger partial charge in [-0.1, -0.05) is 12.1 Å². The van der Waals surface area contributed by atoms with E-state index in [0.717, 1.165) is 34.8 Å². The number of sulfonamides is 1. The maximum absolute atomic E-state index is 11.0. The van der Waals surface area contributed by atoms with E-state index in [-0.39, 0.29) is 0 Å². The van der Waals surface area contributed by atoms with E-state index < -0.39 is 10.0 Å². The fourth-order valence-electron chi connectivity index (χ4n) is 2.77. The Bertz CT molecular complexity index is 849. The highest BCUT2D eigenvalue weighted by Crippen LogP contribution is 2.31. The summed E-state index contributed by atoms with van der Waals surface area (Å²) >= 11 is 0.